The first-order chi connectivity index (χ1) is 10.2. The van der Waals surface area contributed by atoms with Crippen LogP contribution in [-0.4, -0.2) is 42.7 Å². The van der Waals surface area contributed by atoms with Gasteiger partial charge in [0.05, 0.1) is 0 Å². The summed E-state index contributed by atoms with van der Waals surface area (Å²) in [5.41, 5.74) is 0. The highest BCUT2D eigenvalue weighted by atomic mass is 35.5. The number of fused-ring (bicyclic) bond motifs is 1. The number of amides is 1. The van der Waals surface area contributed by atoms with Crippen LogP contribution in [0.2, 0.25) is 5.02 Å². The quantitative estimate of drug-likeness (QED) is 0.667. The van der Waals surface area contributed by atoms with Gasteiger partial charge in [-0.25, -0.2) is 0 Å². The van der Waals surface area contributed by atoms with Crippen molar-refractivity contribution >= 4 is 29.3 Å². The summed E-state index contributed by atoms with van der Waals surface area (Å²) in [6.45, 7) is 4.09. The Hall–Kier alpha value is -0.710. The van der Waals surface area contributed by atoms with Gasteiger partial charge < -0.3 is 10.2 Å². The zero-order valence-corrected chi connectivity index (χ0v) is 13.6. The molecule has 3 nitrogen and oxygen atoms in total. The van der Waals surface area contributed by atoms with E-state index in [9.17, 15) is 4.79 Å². The van der Waals surface area contributed by atoms with Gasteiger partial charge in [-0.05, 0) is 48.3 Å². The summed E-state index contributed by atoms with van der Waals surface area (Å²) in [6, 6.07) is 7.88. The Kier molecular flexibility index (Phi) is 5.09. The van der Waals surface area contributed by atoms with Crippen LogP contribution in [0.15, 0.2) is 29.2 Å². The fourth-order valence-corrected chi connectivity index (χ4v) is 4.14. The van der Waals surface area contributed by atoms with Crippen molar-refractivity contribution in [1.82, 2.24) is 10.2 Å². The zero-order chi connectivity index (χ0) is 14.7. The van der Waals surface area contributed by atoms with Crippen molar-refractivity contribution in [2.75, 3.05) is 31.9 Å². The summed E-state index contributed by atoms with van der Waals surface area (Å²) in [6.07, 6.45) is 1.61. The van der Waals surface area contributed by atoms with E-state index < -0.39 is 0 Å². The van der Waals surface area contributed by atoms with E-state index in [4.69, 9.17) is 11.6 Å². The topological polar surface area (TPSA) is 32.3 Å². The molecular formula is C16H21ClN2OS. The molecule has 114 valence electrons. The predicted molar refractivity (Wildman–Crippen MR) is 87.8 cm³/mol. The lowest BCUT2D eigenvalue weighted by atomic mass is 10.0. The maximum atomic E-state index is 12.2. The fourth-order valence-electron chi connectivity index (χ4n) is 3.16. The van der Waals surface area contributed by atoms with Crippen LogP contribution in [0.25, 0.3) is 0 Å². The lowest BCUT2D eigenvalue weighted by molar-refractivity contribution is -0.130. The number of carbonyl (C=O) groups is 1. The van der Waals surface area contributed by atoms with Gasteiger partial charge in [-0.15, -0.1) is 11.8 Å². The second-order valence-corrected chi connectivity index (χ2v) is 7.49. The first-order valence-electron chi connectivity index (χ1n) is 7.59. The Balaban J connectivity index is 1.35. The average molecular weight is 325 g/mol. The second kappa shape index (κ2) is 7.03. The number of halogens is 1. The van der Waals surface area contributed by atoms with Crippen molar-refractivity contribution in [2.24, 2.45) is 11.8 Å². The van der Waals surface area contributed by atoms with E-state index in [0.717, 1.165) is 43.4 Å². The summed E-state index contributed by atoms with van der Waals surface area (Å²) < 4.78 is 0. The van der Waals surface area contributed by atoms with Crippen LogP contribution in [0, 0.1) is 11.8 Å². The number of likely N-dealkylation sites (tertiary alicyclic amines) is 1. The maximum Gasteiger partial charge on any atom is 0.222 e. The van der Waals surface area contributed by atoms with Crippen molar-refractivity contribution in [3.8, 4) is 0 Å². The van der Waals surface area contributed by atoms with Crippen LogP contribution in [-0.2, 0) is 4.79 Å². The number of carbonyl (C=O) groups excluding carboxylic acids is 1. The molecule has 2 aliphatic heterocycles. The Labute approximate surface area is 135 Å². The predicted octanol–water partition coefficient (Wildman–Crippen LogP) is 2.89. The number of nitrogens with zero attached hydrogens (tertiary/aromatic N) is 1. The Bertz CT molecular complexity index is 482. The third kappa shape index (κ3) is 3.93. The normalized spacial score (nSPS) is 24.3. The molecule has 1 amide bonds. The van der Waals surface area contributed by atoms with E-state index in [-0.39, 0.29) is 0 Å². The molecule has 0 radical (unpaired) electrons. The first-order valence-corrected chi connectivity index (χ1v) is 8.95. The molecule has 3 rings (SSSR count). The minimum atomic E-state index is 0.334. The van der Waals surface area contributed by atoms with E-state index in [0.29, 0.717) is 24.2 Å². The molecule has 5 heteroatoms. The molecule has 0 unspecified atom stereocenters. The van der Waals surface area contributed by atoms with Gasteiger partial charge in [-0.3, -0.25) is 4.79 Å². The van der Waals surface area contributed by atoms with Crippen molar-refractivity contribution in [1.29, 1.82) is 0 Å². The van der Waals surface area contributed by atoms with Crippen molar-refractivity contribution in [3.05, 3.63) is 29.3 Å². The molecule has 1 N–H and O–H groups in total. The smallest absolute Gasteiger partial charge is 0.222 e. The highest BCUT2D eigenvalue weighted by Gasteiger charge is 2.37. The van der Waals surface area contributed by atoms with Gasteiger partial charge in [-0.1, -0.05) is 11.6 Å². The van der Waals surface area contributed by atoms with Gasteiger partial charge >= 0.3 is 0 Å². The van der Waals surface area contributed by atoms with Crippen LogP contribution in [0.5, 0.6) is 0 Å². The number of nitrogens with one attached hydrogen (secondary N) is 1. The molecule has 0 aliphatic carbocycles. The first kappa shape index (κ1) is 15.2. The fraction of sp³-hybridized carbons (Fsp3) is 0.562. The molecule has 21 heavy (non-hydrogen) atoms. The van der Waals surface area contributed by atoms with Crippen LogP contribution in [0.4, 0.5) is 0 Å². The molecule has 2 heterocycles. The van der Waals surface area contributed by atoms with Gasteiger partial charge in [0.1, 0.15) is 0 Å². The standard InChI is InChI=1S/C16H21ClN2OS/c17-14-3-5-15(6-4-14)21-7-1-2-16(20)19-10-12-8-18-9-13(12)11-19/h3-6,12-13,18H,1-2,7-11H2/t12-,13+. The third-order valence-corrected chi connectivity index (χ3v) is 5.71. The third-order valence-electron chi connectivity index (χ3n) is 4.36. The molecule has 2 fully saturated rings. The molecule has 0 saturated carbocycles. The van der Waals surface area contributed by atoms with Crippen LogP contribution < -0.4 is 5.32 Å². The van der Waals surface area contributed by atoms with E-state index in [2.05, 4.69) is 10.2 Å². The summed E-state index contributed by atoms with van der Waals surface area (Å²) in [4.78, 5) is 15.5. The summed E-state index contributed by atoms with van der Waals surface area (Å²) in [5, 5.41) is 4.17. The minimum Gasteiger partial charge on any atom is -0.342 e. The molecule has 1 aromatic rings. The van der Waals surface area contributed by atoms with Crippen molar-refractivity contribution < 1.29 is 4.79 Å². The highest BCUT2D eigenvalue weighted by Crippen LogP contribution is 2.27. The van der Waals surface area contributed by atoms with Gasteiger partial charge in [0.25, 0.3) is 0 Å². The number of thioether (sulfide) groups is 1. The molecule has 0 spiro atoms. The van der Waals surface area contributed by atoms with Crippen LogP contribution in [0.3, 0.4) is 0 Å². The Morgan fingerprint density at radius 3 is 2.57 bits per heavy atom. The lowest BCUT2D eigenvalue weighted by Crippen LogP contribution is -2.31. The van der Waals surface area contributed by atoms with Gasteiger partial charge in [0, 0.05) is 42.5 Å². The Morgan fingerprint density at radius 2 is 1.90 bits per heavy atom. The van der Waals surface area contributed by atoms with Gasteiger partial charge in [-0.2, -0.15) is 0 Å². The molecule has 1 aromatic carbocycles. The van der Waals surface area contributed by atoms with E-state index in [1.807, 2.05) is 24.3 Å². The minimum absolute atomic E-state index is 0.334. The molecule has 0 bridgehead atoms. The molecular weight excluding hydrogens is 304 g/mol. The van der Waals surface area contributed by atoms with Gasteiger partial charge in [0.2, 0.25) is 5.91 Å². The Morgan fingerprint density at radius 1 is 1.24 bits per heavy atom. The van der Waals surface area contributed by atoms with E-state index in [1.165, 1.54) is 4.90 Å². The molecule has 0 aromatic heterocycles. The van der Waals surface area contributed by atoms with Crippen molar-refractivity contribution in [3.63, 3.8) is 0 Å². The largest absolute Gasteiger partial charge is 0.342 e. The van der Waals surface area contributed by atoms with Crippen molar-refractivity contribution in [2.45, 2.75) is 17.7 Å². The second-order valence-electron chi connectivity index (χ2n) is 5.88. The summed E-state index contributed by atoms with van der Waals surface area (Å²) in [7, 11) is 0. The monoisotopic (exact) mass is 324 g/mol. The number of hydrogen-bond donors (Lipinski definition) is 1. The summed E-state index contributed by atoms with van der Waals surface area (Å²) >= 11 is 7.65. The zero-order valence-electron chi connectivity index (χ0n) is 12.1. The molecule has 2 atom stereocenters. The van der Waals surface area contributed by atoms with E-state index >= 15 is 0 Å². The SMILES string of the molecule is O=C(CCCSc1ccc(Cl)cc1)N1C[C@H]2CNC[C@H]2C1. The highest BCUT2D eigenvalue weighted by molar-refractivity contribution is 7.99. The van der Waals surface area contributed by atoms with Gasteiger partial charge in [0.15, 0.2) is 0 Å². The molecule has 2 aliphatic rings. The van der Waals surface area contributed by atoms with Crippen LogP contribution in [0.1, 0.15) is 12.8 Å². The molecule has 2 saturated heterocycles. The number of hydrogen-bond acceptors (Lipinski definition) is 3. The lowest BCUT2D eigenvalue weighted by Gasteiger charge is -2.17. The number of benzene rings is 1. The number of rotatable bonds is 5. The average Bonchev–Trinajstić information content (AvgIpc) is 3.06. The van der Waals surface area contributed by atoms with Crippen LogP contribution >= 0.6 is 23.4 Å². The van der Waals surface area contributed by atoms with E-state index in [1.54, 1.807) is 11.8 Å². The maximum absolute atomic E-state index is 12.2. The summed E-state index contributed by atoms with van der Waals surface area (Å²) in [5.74, 6) is 2.70.